The van der Waals surface area contributed by atoms with Crippen molar-refractivity contribution in [2.24, 2.45) is 5.92 Å². The maximum atomic E-state index is 13.5. The van der Waals surface area contributed by atoms with Gasteiger partial charge in [0.05, 0.1) is 5.69 Å². The molecule has 1 aliphatic heterocycles. The predicted octanol–water partition coefficient (Wildman–Crippen LogP) is 3.20. The number of amides is 1. The van der Waals surface area contributed by atoms with Crippen molar-refractivity contribution in [3.63, 3.8) is 0 Å². The van der Waals surface area contributed by atoms with Crippen LogP contribution in [0.25, 0.3) is 0 Å². The zero-order chi connectivity index (χ0) is 14.1. The summed E-state index contributed by atoms with van der Waals surface area (Å²) < 4.78 is 13.5. The van der Waals surface area contributed by atoms with Crippen LogP contribution in [-0.4, -0.2) is 23.4 Å². The van der Waals surface area contributed by atoms with Crippen molar-refractivity contribution >= 4 is 11.6 Å². The van der Waals surface area contributed by atoms with Gasteiger partial charge in [-0.2, -0.15) is 0 Å². The smallest absolute Gasteiger partial charge is 0.254 e. The topological polar surface area (TPSA) is 46.3 Å². The van der Waals surface area contributed by atoms with Crippen molar-refractivity contribution in [1.29, 1.82) is 0 Å². The number of hydrogen-bond donors (Lipinski definition) is 1. The summed E-state index contributed by atoms with van der Waals surface area (Å²) in [7, 11) is 0. The lowest BCUT2D eigenvalue weighted by Crippen LogP contribution is -2.49. The van der Waals surface area contributed by atoms with Crippen LogP contribution in [0.2, 0.25) is 0 Å². The third-order valence-corrected chi connectivity index (χ3v) is 4.75. The van der Waals surface area contributed by atoms with Gasteiger partial charge in [0.15, 0.2) is 0 Å². The van der Waals surface area contributed by atoms with Gasteiger partial charge in [-0.05, 0) is 49.8 Å². The maximum Gasteiger partial charge on any atom is 0.254 e. The summed E-state index contributed by atoms with van der Waals surface area (Å²) in [5.74, 6) is 0.0913. The number of fused-ring (bicyclic) bond motifs is 1. The summed E-state index contributed by atoms with van der Waals surface area (Å²) in [5, 5.41) is 0. The van der Waals surface area contributed by atoms with Crippen LogP contribution in [0, 0.1) is 11.7 Å². The minimum Gasteiger partial charge on any atom is -0.396 e. The first-order chi connectivity index (χ1) is 9.66. The molecule has 0 bridgehead atoms. The average molecular weight is 276 g/mol. The summed E-state index contributed by atoms with van der Waals surface area (Å²) in [6.45, 7) is 0.798. The van der Waals surface area contributed by atoms with Crippen LogP contribution in [0.5, 0.6) is 0 Å². The normalized spacial score (nSPS) is 26.1. The van der Waals surface area contributed by atoms with E-state index in [1.54, 1.807) is 6.07 Å². The number of halogens is 1. The van der Waals surface area contributed by atoms with E-state index in [1.165, 1.54) is 37.8 Å². The van der Waals surface area contributed by atoms with E-state index in [-0.39, 0.29) is 11.6 Å². The van der Waals surface area contributed by atoms with Gasteiger partial charge >= 0.3 is 0 Å². The molecule has 0 radical (unpaired) electrons. The minimum absolute atomic E-state index is 0.0412. The largest absolute Gasteiger partial charge is 0.396 e. The minimum atomic E-state index is -0.506. The van der Waals surface area contributed by atoms with Gasteiger partial charge in [0.2, 0.25) is 0 Å². The number of hydrogen-bond acceptors (Lipinski definition) is 2. The lowest BCUT2D eigenvalue weighted by Gasteiger charge is -2.44. The van der Waals surface area contributed by atoms with E-state index in [4.69, 9.17) is 5.73 Å². The van der Waals surface area contributed by atoms with Gasteiger partial charge < -0.3 is 10.6 Å². The Morgan fingerprint density at radius 2 is 1.95 bits per heavy atom. The van der Waals surface area contributed by atoms with Crippen LogP contribution >= 0.6 is 0 Å². The SMILES string of the molecule is Nc1ccc(C(=O)N2CCCC3CCCCC32)cc1F. The van der Waals surface area contributed by atoms with Crippen LogP contribution < -0.4 is 5.73 Å². The molecule has 2 aliphatic rings. The standard InChI is InChI=1S/C16H21FN2O/c17-13-10-12(7-8-14(13)18)16(20)19-9-3-5-11-4-1-2-6-15(11)19/h7-8,10-11,15H,1-6,9,18H2. The molecule has 1 aromatic rings. The molecule has 1 saturated carbocycles. The third-order valence-electron chi connectivity index (χ3n) is 4.75. The maximum absolute atomic E-state index is 13.5. The van der Waals surface area contributed by atoms with E-state index in [0.29, 0.717) is 17.5 Å². The molecule has 20 heavy (non-hydrogen) atoms. The number of rotatable bonds is 1. The predicted molar refractivity (Wildman–Crippen MR) is 76.8 cm³/mol. The van der Waals surface area contributed by atoms with Crippen LogP contribution in [0.1, 0.15) is 48.9 Å². The molecule has 0 spiro atoms. The molecule has 3 nitrogen and oxygen atoms in total. The van der Waals surface area contributed by atoms with Crippen LogP contribution in [0.15, 0.2) is 18.2 Å². The molecule has 2 unspecified atom stereocenters. The van der Waals surface area contributed by atoms with Gasteiger partial charge in [-0.1, -0.05) is 12.8 Å². The van der Waals surface area contributed by atoms with Crippen molar-refractivity contribution in [1.82, 2.24) is 4.90 Å². The summed E-state index contributed by atoms with van der Waals surface area (Å²) >= 11 is 0. The van der Waals surface area contributed by atoms with Gasteiger partial charge in [0.25, 0.3) is 5.91 Å². The molecule has 108 valence electrons. The van der Waals surface area contributed by atoms with E-state index in [0.717, 1.165) is 19.4 Å². The molecule has 4 heteroatoms. The molecule has 1 amide bonds. The average Bonchev–Trinajstić information content (AvgIpc) is 2.49. The van der Waals surface area contributed by atoms with E-state index >= 15 is 0 Å². The van der Waals surface area contributed by atoms with Crippen LogP contribution in [-0.2, 0) is 0 Å². The van der Waals surface area contributed by atoms with E-state index in [1.807, 2.05) is 4.90 Å². The molecule has 2 atom stereocenters. The van der Waals surface area contributed by atoms with E-state index < -0.39 is 5.82 Å². The Balaban J connectivity index is 1.83. The number of piperidine rings is 1. The Hall–Kier alpha value is -1.58. The van der Waals surface area contributed by atoms with Crippen LogP contribution in [0.3, 0.4) is 0 Å². The first-order valence-corrected chi connectivity index (χ1v) is 7.53. The fourth-order valence-electron chi connectivity index (χ4n) is 3.70. The second-order valence-corrected chi connectivity index (χ2v) is 5.99. The van der Waals surface area contributed by atoms with Gasteiger partial charge in [0.1, 0.15) is 5.82 Å². The number of benzene rings is 1. The summed E-state index contributed by atoms with van der Waals surface area (Å²) in [6, 6.07) is 4.73. The molecule has 1 aliphatic carbocycles. The van der Waals surface area contributed by atoms with Crippen molar-refractivity contribution in [2.45, 2.75) is 44.6 Å². The highest BCUT2D eigenvalue weighted by Gasteiger charge is 2.36. The van der Waals surface area contributed by atoms with E-state index in [2.05, 4.69) is 0 Å². The molecular formula is C16H21FN2O. The molecule has 1 aromatic carbocycles. The Labute approximate surface area is 118 Å². The van der Waals surface area contributed by atoms with Gasteiger partial charge in [-0.3, -0.25) is 4.79 Å². The fraction of sp³-hybridized carbons (Fsp3) is 0.562. The highest BCUT2D eigenvalue weighted by molar-refractivity contribution is 5.94. The van der Waals surface area contributed by atoms with Gasteiger partial charge in [-0.25, -0.2) is 4.39 Å². The summed E-state index contributed by atoms with van der Waals surface area (Å²) in [5.41, 5.74) is 5.99. The zero-order valence-corrected chi connectivity index (χ0v) is 11.6. The number of carbonyl (C=O) groups is 1. The van der Waals surface area contributed by atoms with Crippen molar-refractivity contribution in [2.75, 3.05) is 12.3 Å². The lowest BCUT2D eigenvalue weighted by molar-refractivity contribution is 0.0390. The van der Waals surface area contributed by atoms with Crippen molar-refractivity contribution in [3.8, 4) is 0 Å². The third kappa shape index (κ3) is 2.39. The molecule has 1 heterocycles. The molecule has 1 saturated heterocycles. The van der Waals surface area contributed by atoms with E-state index in [9.17, 15) is 9.18 Å². The van der Waals surface area contributed by atoms with Crippen molar-refractivity contribution < 1.29 is 9.18 Å². The quantitative estimate of drug-likeness (QED) is 0.801. The lowest BCUT2D eigenvalue weighted by atomic mass is 9.78. The Kier molecular flexibility index (Phi) is 3.64. The Morgan fingerprint density at radius 3 is 2.75 bits per heavy atom. The second-order valence-electron chi connectivity index (χ2n) is 5.99. The summed E-state index contributed by atoms with van der Waals surface area (Å²) in [4.78, 5) is 14.6. The first kappa shape index (κ1) is 13.4. The highest BCUT2D eigenvalue weighted by atomic mass is 19.1. The first-order valence-electron chi connectivity index (χ1n) is 7.53. The number of nitrogens with zero attached hydrogens (tertiary/aromatic N) is 1. The molecule has 2 fully saturated rings. The van der Waals surface area contributed by atoms with Gasteiger partial charge in [-0.15, -0.1) is 0 Å². The zero-order valence-electron chi connectivity index (χ0n) is 11.6. The number of likely N-dealkylation sites (tertiary alicyclic amines) is 1. The Bertz CT molecular complexity index is 515. The number of nitrogens with two attached hydrogens (primary N) is 1. The Morgan fingerprint density at radius 1 is 1.20 bits per heavy atom. The monoisotopic (exact) mass is 276 g/mol. The number of nitrogen functional groups attached to an aromatic ring is 1. The highest BCUT2D eigenvalue weighted by Crippen LogP contribution is 2.36. The summed E-state index contributed by atoms with van der Waals surface area (Å²) in [6.07, 6.45) is 7.08. The number of anilines is 1. The fourth-order valence-corrected chi connectivity index (χ4v) is 3.70. The second kappa shape index (κ2) is 5.43. The molecule has 3 rings (SSSR count). The number of carbonyl (C=O) groups excluding carboxylic acids is 1. The van der Waals surface area contributed by atoms with Crippen molar-refractivity contribution in [3.05, 3.63) is 29.6 Å². The van der Waals surface area contributed by atoms with Crippen LogP contribution in [0.4, 0.5) is 10.1 Å². The molecule has 0 aromatic heterocycles. The molecular weight excluding hydrogens is 255 g/mol. The molecule has 2 N–H and O–H groups in total. The van der Waals surface area contributed by atoms with Gasteiger partial charge in [0, 0.05) is 18.2 Å².